The average Bonchev–Trinajstić information content (AvgIpc) is 3.10. The summed E-state index contributed by atoms with van der Waals surface area (Å²) in [6.07, 6.45) is -3.18. The lowest BCUT2D eigenvalue weighted by atomic mass is 10.0. The van der Waals surface area contributed by atoms with E-state index in [1.54, 1.807) is 20.8 Å². The Morgan fingerprint density at radius 1 is 1.03 bits per heavy atom. The van der Waals surface area contributed by atoms with Gasteiger partial charge < -0.3 is 9.47 Å². The number of carbonyl (C=O) groups is 1. The van der Waals surface area contributed by atoms with Crippen molar-refractivity contribution in [3.05, 3.63) is 75.0 Å². The van der Waals surface area contributed by atoms with E-state index in [1.807, 2.05) is 26.0 Å². The first-order valence-corrected chi connectivity index (χ1v) is 11.0. The van der Waals surface area contributed by atoms with E-state index in [-0.39, 0.29) is 18.7 Å². The first-order valence-electron chi connectivity index (χ1n) is 11.0. The maximum absolute atomic E-state index is 13.1. The average molecular weight is 492 g/mol. The molecule has 0 radical (unpaired) electrons. The lowest BCUT2D eigenvalue weighted by molar-refractivity contribution is -0.158. The Morgan fingerprint density at radius 3 is 2.20 bits per heavy atom. The molecule has 3 aromatic rings. The summed E-state index contributed by atoms with van der Waals surface area (Å²) in [7, 11) is 0. The number of carbonyl (C=O) groups excluding carboxylic acids is 1. The molecule has 35 heavy (non-hydrogen) atoms. The number of nitrogens with zero attached hydrogens (tertiary/aromatic N) is 3. The Balaban J connectivity index is 1.86. The molecule has 0 N–H and O–H groups in total. The summed E-state index contributed by atoms with van der Waals surface area (Å²) in [4.78, 5) is 25.1. The van der Waals surface area contributed by atoms with Crippen LogP contribution in [0.5, 0.6) is 5.75 Å². The fraction of sp³-hybridized carbons (Fsp3) is 0.400. The van der Waals surface area contributed by atoms with Crippen LogP contribution in [0.2, 0.25) is 0 Å². The molecule has 0 aliphatic carbocycles. The Bertz CT molecular complexity index is 1280. The summed E-state index contributed by atoms with van der Waals surface area (Å²) in [5, 5.41) is 4.13. The molecule has 0 aliphatic heterocycles. The Hall–Kier alpha value is -3.56. The standard InChI is InChI=1S/C25H28F3N3O4/c1-7-34-22(32)24(5,6)35-21-16(3)10-18(11-17(21)4)13-31-23(33)30(14-29-31)19-8-9-20(15(2)12-19)25(26,27)28/h8-12,14H,7,13H2,1-6H3. The monoisotopic (exact) mass is 491 g/mol. The van der Waals surface area contributed by atoms with Crippen molar-refractivity contribution < 1.29 is 27.4 Å². The fourth-order valence-corrected chi connectivity index (χ4v) is 3.81. The van der Waals surface area contributed by atoms with Gasteiger partial charge in [0.15, 0.2) is 5.60 Å². The minimum absolute atomic E-state index is 0.0160. The van der Waals surface area contributed by atoms with Gasteiger partial charge in [0, 0.05) is 0 Å². The predicted octanol–water partition coefficient (Wildman–Crippen LogP) is 4.75. The SMILES string of the molecule is CCOC(=O)C(C)(C)Oc1c(C)cc(Cn2ncn(-c3ccc(C(F)(F)F)c(C)c3)c2=O)cc1C. The van der Waals surface area contributed by atoms with Crippen LogP contribution in [-0.4, -0.2) is 32.5 Å². The number of hydrogen-bond acceptors (Lipinski definition) is 5. The number of alkyl halides is 3. The van der Waals surface area contributed by atoms with Gasteiger partial charge in [-0.1, -0.05) is 12.1 Å². The highest BCUT2D eigenvalue weighted by atomic mass is 19.4. The van der Waals surface area contributed by atoms with Gasteiger partial charge in [-0.05, 0) is 82.0 Å². The van der Waals surface area contributed by atoms with Gasteiger partial charge in [-0.25, -0.2) is 18.8 Å². The zero-order valence-electron chi connectivity index (χ0n) is 20.5. The Kier molecular flexibility index (Phi) is 7.14. The molecule has 7 nitrogen and oxygen atoms in total. The number of halogens is 3. The van der Waals surface area contributed by atoms with Gasteiger partial charge in [0.2, 0.25) is 0 Å². The summed E-state index contributed by atoms with van der Waals surface area (Å²) in [6, 6.07) is 7.17. The molecule has 0 fully saturated rings. The van der Waals surface area contributed by atoms with Crippen molar-refractivity contribution in [3.8, 4) is 11.4 Å². The van der Waals surface area contributed by atoms with Crippen molar-refractivity contribution in [2.24, 2.45) is 0 Å². The topological polar surface area (TPSA) is 75.3 Å². The summed E-state index contributed by atoms with van der Waals surface area (Å²) in [5.41, 5.74) is 0.210. The normalized spacial score (nSPS) is 12.0. The predicted molar refractivity (Wildman–Crippen MR) is 124 cm³/mol. The molecule has 0 saturated heterocycles. The third kappa shape index (κ3) is 5.58. The van der Waals surface area contributed by atoms with Crippen LogP contribution in [0.25, 0.3) is 5.69 Å². The van der Waals surface area contributed by atoms with E-state index in [1.165, 1.54) is 34.6 Å². The molecular weight excluding hydrogens is 463 g/mol. The largest absolute Gasteiger partial charge is 0.476 e. The Morgan fingerprint density at radius 2 is 1.66 bits per heavy atom. The minimum Gasteiger partial charge on any atom is -0.476 e. The molecule has 188 valence electrons. The molecule has 0 atom stereocenters. The third-order valence-electron chi connectivity index (χ3n) is 5.50. The van der Waals surface area contributed by atoms with Crippen molar-refractivity contribution in [1.82, 2.24) is 14.3 Å². The maximum atomic E-state index is 13.1. The minimum atomic E-state index is -4.46. The lowest BCUT2D eigenvalue weighted by Crippen LogP contribution is -2.40. The van der Waals surface area contributed by atoms with E-state index in [4.69, 9.17) is 9.47 Å². The molecule has 0 aliphatic rings. The first-order chi connectivity index (χ1) is 16.2. The molecular formula is C25H28F3N3O4. The van der Waals surface area contributed by atoms with Crippen LogP contribution in [0.3, 0.4) is 0 Å². The van der Waals surface area contributed by atoms with Crippen LogP contribution >= 0.6 is 0 Å². The van der Waals surface area contributed by atoms with Crippen molar-refractivity contribution in [1.29, 1.82) is 0 Å². The Labute approximate surface area is 201 Å². The van der Waals surface area contributed by atoms with Crippen LogP contribution in [-0.2, 0) is 22.3 Å². The summed E-state index contributed by atoms with van der Waals surface area (Å²) >= 11 is 0. The number of rotatable bonds is 7. The van der Waals surface area contributed by atoms with Crippen molar-refractivity contribution >= 4 is 5.97 Å². The molecule has 0 saturated carbocycles. The van der Waals surface area contributed by atoms with Gasteiger partial charge in [0.05, 0.1) is 24.4 Å². The van der Waals surface area contributed by atoms with Gasteiger partial charge in [-0.15, -0.1) is 0 Å². The molecule has 3 rings (SSSR count). The van der Waals surface area contributed by atoms with Crippen LogP contribution in [0, 0.1) is 20.8 Å². The van der Waals surface area contributed by atoms with E-state index in [0.29, 0.717) is 11.4 Å². The second-order valence-electron chi connectivity index (χ2n) is 8.83. The molecule has 1 aromatic heterocycles. The molecule has 2 aromatic carbocycles. The van der Waals surface area contributed by atoms with Gasteiger partial charge in [-0.3, -0.25) is 0 Å². The zero-order valence-corrected chi connectivity index (χ0v) is 20.5. The van der Waals surface area contributed by atoms with E-state index in [9.17, 15) is 22.8 Å². The number of ether oxygens (including phenoxy) is 2. The molecule has 0 unspecified atom stereocenters. The van der Waals surface area contributed by atoms with Gasteiger partial charge >= 0.3 is 17.8 Å². The lowest BCUT2D eigenvalue weighted by Gasteiger charge is -2.26. The van der Waals surface area contributed by atoms with Crippen LogP contribution in [0.15, 0.2) is 41.5 Å². The number of aromatic nitrogens is 3. The first kappa shape index (κ1) is 26.1. The van der Waals surface area contributed by atoms with Crippen LogP contribution < -0.4 is 10.4 Å². The zero-order chi connectivity index (χ0) is 26.1. The highest BCUT2D eigenvalue weighted by Gasteiger charge is 2.33. The molecule has 10 heteroatoms. The van der Waals surface area contributed by atoms with Crippen LogP contribution in [0.4, 0.5) is 13.2 Å². The van der Waals surface area contributed by atoms with E-state index in [2.05, 4.69) is 5.10 Å². The van der Waals surface area contributed by atoms with E-state index in [0.717, 1.165) is 22.8 Å². The molecule has 1 heterocycles. The number of benzene rings is 2. The summed E-state index contributed by atoms with van der Waals surface area (Å²) in [6.45, 7) is 10.4. The smallest absolute Gasteiger partial charge is 0.416 e. The number of hydrogen-bond donors (Lipinski definition) is 0. The van der Waals surface area contributed by atoms with Crippen LogP contribution in [0.1, 0.15) is 48.6 Å². The second kappa shape index (κ2) is 9.59. The molecule has 0 amide bonds. The van der Waals surface area contributed by atoms with Crippen molar-refractivity contribution in [2.45, 2.75) is 59.9 Å². The molecule has 0 bridgehead atoms. The number of esters is 1. The van der Waals surface area contributed by atoms with Gasteiger partial charge in [0.25, 0.3) is 0 Å². The van der Waals surface area contributed by atoms with E-state index >= 15 is 0 Å². The summed E-state index contributed by atoms with van der Waals surface area (Å²) < 4.78 is 52.6. The quantitative estimate of drug-likeness (QED) is 0.446. The van der Waals surface area contributed by atoms with E-state index < -0.39 is 29.0 Å². The van der Waals surface area contributed by atoms with Gasteiger partial charge in [0.1, 0.15) is 12.1 Å². The third-order valence-corrected chi connectivity index (χ3v) is 5.50. The van der Waals surface area contributed by atoms with Gasteiger partial charge in [-0.2, -0.15) is 18.3 Å². The summed E-state index contributed by atoms with van der Waals surface area (Å²) in [5.74, 6) is 0.0726. The second-order valence-corrected chi connectivity index (χ2v) is 8.83. The highest BCUT2D eigenvalue weighted by Crippen LogP contribution is 2.32. The highest BCUT2D eigenvalue weighted by molar-refractivity contribution is 5.79. The van der Waals surface area contributed by atoms with Crippen molar-refractivity contribution in [2.75, 3.05) is 6.61 Å². The fourth-order valence-electron chi connectivity index (χ4n) is 3.81. The molecule has 0 spiro atoms. The van der Waals surface area contributed by atoms with Crippen molar-refractivity contribution in [3.63, 3.8) is 0 Å². The number of aryl methyl sites for hydroxylation is 3. The maximum Gasteiger partial charge on any atom is 0.416 e.